The molecular formula is C31H66N2O2S. The van der Waals surface area contributed by atoms with Crippen LogP contribution in [0.1, 0.15) is 144 Å². The van der Waals surface area contributed by atoms with Gasteiger partial charge in [-0.05, 0) is 81.1 Å². The number of carbonyl (C=O) groups excluding carboxylic acids is 2. The van der Waals surface area contributed by atoms with Gasteiger partial charge >= 0.3 is 0 Å². The van der Waals surface area contributed by atoms with Gasteiger partial charge in [0.15, 0.2) is 0 Å². The Bertz CT molecular complexity index is 582. The summed E-state index contributed by atoms with van der Waals surface area (Å²) in [5.74, 6) is 2.83. The summed E-state index contributed by atoms with van der Waals surface area (Å²) in [6.07, 6.45) is 2.15. The van der Waals surface area contributed by atoms with Gasteiger partial charge in [0.05, 0.1) is 0 Å². The van der Waals surface area contributed by atoms with Crippen molar-refractivity contribution in [2.75, 3.05) is 11.5 Å². The smallest absolute Gasteiger partial charge is 0.220 e. The second kappa shape index (κ2) is 15.6. The monoisotopic (exact) mass is 530 g/mol. The zero-order valence-electron chi connectivity index (χ0n) is 27.8. The molecule has 0 aromatic heterocycles. The Morgan fingerprint density at radius 2 is 0.833 bits per heavy atom. The molecule has 0 aliphatic heterocycles. The fraction of sp³-hybridized carbons (Fsp3) is 0.935. The maximum Gasteiger partial charge on any atom is 0.220 e. The molecule has 2 amide bonds. The van der Waals surface area contributed by atoms with Gasteiger partial charge in [0.25, 0.3) is 0 Å². The lowest BCUT2D eigenvalue weighted by atomic mass is 9.90. The van der Waals surface area contributed by atoms with E-state index in [2.05, 4.69) is 105 Å². The highest BCUT2D eigenvalue weighted by Gasteiger charge is 2.20. The number of hydrogen-bond donors (Lipinski definition) is 2. The Balaban J connectivity index is -0.000000455. The first kappa shape index (κ1) is 39.8. The summed E-state index contributed by atoms with van der Waals surface area (Å²) >= 11 is 2.07. The van der Waals surface area contributed by atoms with E-state index in [0.29, 0.717) is 23.7 Å². The van der Waals surface area contributed by atoms with Crippen LogP contribution in [0.15, 0.2) is 0 Å². The third-order valence-corrected chi connectivity index (χ3v) is 6.03. The van der Waals surface area contributed by atoms with Crippen molar-refractivity contribution in [2.24, 2.45) is 21.7 Å². The summed E-state index contributed by atoms with van der Waals surface area (Å²) < 4.78 is 0. The minimum absolute atomic E-state index is 0.0787. The van der Waals surface area contributed by atoms with E-state index in [4.69, 9.17) is 0 Å². The molecule has 0 fully saturated rings. The predicted molar refractivity (Wildman–Crippen MR) is 165 cm³/mol. The summed E-state index contributed by atoms with van der Waals surface area (Å²) in [7, 11) is 0. The van der Waals surface area contributed by atoms with Crippen LogP contribution in [0.25, 0.3) is 0 Å². The zero-order valence-corrected chi connectivity index (χ0v) is 28.6. The molecule has 0 saturated heterocycles. The minimum Gasteiger partial charge on any atom is -0.352 e. The molecule has 5 heteroatoms. The van der Waals surface area contributed by atoms with E-state index in [9.17, 15) is 9.59 Å². The largest absolute Gasteiger partial charge is 0.352 e. The molecule has 0 aliphatic carbocycles. The fourth-order valence-corrected chi connectivity index (χ4v) is 3.90. The summed E-state index contributed by atoms with van der Waals surface area (Å²) in [5, 5.41) is 5.89. The van der Waals surface area contributed by atoms with Crippen molar-refractivity contribution in [1.82, 2.24) is 10.6 Å². The molecule has 4 nitrogen and oxygen atoms in total. The van der Waals surface area contributed by atoms with Crippen LogP contribution in [0.4, 0.5) is 0 Å². The quantitative estimate of drug-likeness (QED) is 0.373. The van der Waals surface area contributed by atoms with E-state index in [1.807, 2.05) is 41.5 Å². The van der Waals surface area contributed by atoms with Crippen molar-refractivity contribution in [3.05, 3.63) is 0 Å². The van der Waals surface area contributed by atoms with Gasteiger partial charge in [0.2, 0.25) is 11.8 Å². The zero-order chi connectivity index (χ0) is 29.8. The second-order valence-electron chi connectivity index (χ2n) is 17.0. The lowest BCUT2D eigenvalue weighted by Gasteiger charge is -2.24. The van der Waals surface area contributed by atoms with Gasteiger partial charge in [0, 0.05) is 23.9 Å². The summed E-state index contributed by atoms with van der Waals surface area (Å²) in [6, 6.07) is 0. The van der Waals surface area contributed by atoms with Crippen LogP contribution < -0.4 is 10.6 Å². The van der Waals surface area contributed by atoms with E-state index >= 15 is 0 Å². The molecule has 0 aromatic carbocycles. The van der Waals surface area contributed by atoms with Crippen molar-refractivity contribution >= 4 is 23.6 Å². The van der Waals surface area contributed by atoms with Gasteiger partial charge in [-0.2, -0.15) is 11.8 Å². The van der Waals surface area contributed by atoms with Gasteiger partial charge in [0.1, 0.15) is 0 Å². The maximum atomic E-state index is 11.4. The van der Waals surface area contributed by atoms with Gasteiger partial charge in [-0.1, -0.05) is 83.1 Å². The highest BCUT2D eigenvalue weighted by molar-refractivity contribution is 7.99. The Morgan fingerprint density at radius 1 is 0.500 bits per heavy atom. The standard InChI is InChI=1S/C11H23NO.C10H21NO.C10H22S/c1-10(2,3)8-7-9(13)12-11(4,5)6;1-9(2,3)7-8(12)11-10(4,5)6;1-9(2,3)7-11-8-10(4,5)6/h7-8H2,1-6H3,(H,12,13);7H2,1-6H3,(H,11,12);7-8H2,1-6H3. The summed E-state index contributed by atoms with van der Waals surface area (Å²) in [5.41, 5.74) is 1.08. The van der Waals surface area contributed by atoms with Crippen LogP contribution in [0.5, 0.6) is 0 Å². The Kier molecular flexibility index (Phi) is 17.3. The van der Waals surface area contributed by atoms with Crippen LogP contribution in [0.3, 0.4) is 0 Å². The number of hydrogen-bond acceptors (Lipinski definition) is 3. The first-order valence-electron chi connectivity index (χ1n) is 13.6. The lowest BCUT2D eigenvalue weighted by molar-refractivity contribution is -0.124. The average Bonchev–Trinajstić information content (AvgIpc) is 2.45. The molecule has 0 radical (unpaired) electrons. The third-order valence-electron chi connectivity index (χ3n) is 3.89. The number of amides is 2. The Morgan fingerprint density at radius 3 is 1.08 bits per heavy atom. The first-order valence-corrected chi connectivity index (χ1v) is 14.8. The molecule has 36 heavy (non-hydrogen) atoms. The molecule has 0 atom stereocenters. The van der Waals surface area contributed by atoms with Gasteiger partial charge in [-0.15, -0.1) is 0 Å². The van der Waals surface area contributed by atoms with Gasteiger partial charge in [-0.25, -0.2) is 0 Å². The number of thioether (sulfide) groups is 1. The summed E-state index contributed by atoms with van der Waals surface area (Å²) in [6.45, 7) is 38.4. The molecule has 0 heterocycles. The molecular weight excluding hydrogens is 464 g/mol. The Hall–Kier alpha value is -0.710. The molecule has 0 spiro atoms. The number of carbonyl (C=O) groups is 2. The maximum absolute atomic E-state index is 11.4. The van der Waals surface area contributed by atoms with Crippen molar-refractivity contribution < 1.29 is 9.59 Å². The van der Waals surface area contributed by atoms with Crippen LogP contribution in [-0.4, -0.2) is 34.4 Å². The van der Waals surface area contributed by atoms with Gasteiger partial charge < -0.3 is 10.6 Å². The molecule has 0 unspecified atom stereocenters. The first-order chi connectivity index (χ1) is 15.4. The minimum atomic E-state index is -0.109. The van der Waals surface area contributed by atoms with Crippen LogP contribution in [-0.2, 0) is 9.59 Å². The fourth-order valence-electron chi connectivity index (χ4n) is 2.58. The highest BCUT2D eigenvalue weighted by atomic mass is 32.2. The highest BCUT2D eigenvalue weighted by Crippen LogP contribution is 2.26. The third kappa shape index (κ3) is 43.4. The lowest BCUT2D eigenvalue weighted by Crippen LogP contribution is -2.41. The topological polar surface area (TPSA) is 58.2 Å². The molecule has 0 aromatic rings. The van der Waals surface area contributed by atoms with Gasteiger partial charge in [-0.3, -0.25) is 9.59 Å². The molecule has 0 aliphatic rings. The second-order valence-corrected chi connectivity index (χ2v) is 18.0. The van der Waals surface area contributed by atoms with E-state index in [-0.39, 0.29) is 33.7 Å². The van der Waals surface area contributed by atoms with Crippen LogP contribution in [0.2, 0.25) is 0 Å². The van der Waals surface area contributed by atoms with E-state index < -0.39 is 0 Å². The molecule has 0 saturated carbocycles. The van der Waals surface area contributed by atoms with E-state index in [1.54, 1.807) is 0 Å². The van der Waals surface area contributed by atoms with Crippen LogP contribution in [0, 0.1) is 21.7 Å². The van der Waals surface area contributed by atoms with Crippen molar-refractivity contribution in [1.29, 1.82) is 0 Å². The summed E-state index contributed by atoms with van der Waals surface area (Å²) in [4.78, 5) is 22.8. The van der Waals surface area contributed by atoms with E-state index in [0.717, 1.165) is 6.42 Å². The SMILES string of the molecule is CC(C)(C)CC(=O)NC(C)(C)C.CC(C)(C)CCC(=O)NC(C)(C)C.CC(C)(C)CSCC(C)(C)C. The van der Waals surface area contributed by atoms with E-state index in [1.165, 1.54) is 11.5 Å². The number of rotatable bonds is 5. The molecule has 2 N–H and O–H groups in total. The average molecular weight is 531 g/mol. The normalized spacial score (nSPS) is 13.1. The predicted octanol–water partition coefficient (Wildman–Crippen LogP) is 8.88. The van der Waals surface area contributed by atoms with Crippen LogP contribution >= 0.6 is 11.8 Å². The van der Waals surface area contributed by atoms with Crippen molar-refractivity contribution in [3.63, 3.8) is 0 Å². The Labute approximate surface area is 231 Å². The molecule has 0 rings (SSSR count). The molecule has 0 bridgehead atoms. The van der Waals surface area contributed by atoms with Crippen molar-refractivity contribution in [2.45, 2.75) is 155 Å². The molecule has 218 valence electrons. The number of nitrogens with one attached hydrogen (secondary N) is 2. The van der Waals surface area contributed by atoms with Crippen molar-refractivity contribution in [3.8, 4) is 0 Å².